The maximum absolute atomic E-state index is 11.9. The molecular weight excluding hydrogens is 314 g/mol. The molecule has 6 heteroatoms. The van der Waals surface area contributed by atoms with Gasteiger partial charge in [0.05, 0.1) is 0 Å². The summed E-state index contributed by atoms with van der Waals surface area (Å²) in [7, 11) is 0. The van der Waals surface area contributed by atoms with Crippen molar-refractivity contribution in [1.29, 1.82) is 0 Å². The van der Waals surface area contributed by atoms with Crippen molar-refractivity contribution in [3.05, 3.63) is 35.2 Å². The molecular formula is C17H20ClN3O2. The van der Waals surface area contributed by atoms with Gasteiger partial charge < -0.3 is 9.42 Å². The molecule has 0 aliphatic carbocycles. The van der Waals surface area contributed by atoms with Gasteiger partial charge in [-0.3, -0.25) is 4.79 Å². The van der Waals surface area contributed by atoms with Crippen molar-refractivity contribution >= 4 is 17.5 Å². The van der Waals surface area contributed by atoms with Gasteiger partial charge in [0.1, 0.15) is 0 Å². The molecule has 1 aromatic heterocycles. The number of likely N-dealkylation sites (tertiary alicyclic amines) is 1. The fourth-order valence-corrected chi connectivity index (χ4v) is 2.99. The van der Waals surface area contributed by atoms with Crippen LogP contribution < -0.4 is 0 Å². The van der Waals surface area contributed by atoms with Gasteiger partial charge in [0.15, 0.2) is 0 Å². The quantitative estimate of drug-likeness (QED) is 0.851. The zero-order valence-electron chi connectivity index (χ0n) is 13.2. The van der Waals surface area contributed by atoms with Crippen LogP contribution >= 0.6 is 11.6 Å². The molecule has 0 bridgehead atoms. The highest BCUT2D eigenvalue weighted by molar-refractivity contribution is 6.30. The van der Waals surface area contributed by atoms with Crippen LogP contribution in [0.15, 0.2) is 28.8 Å². The summed E-state index contributed by atoms with van der Waals surface area (Å²) in [5.41, 5.74) is 0.889. The molecule has 0 saturated carbocycles. The first kappa shape index (κ1) is 16.0. The number of halogens is 1. The average molecular weight is 334 g/mol. The van der Waals surface area contributed by atoms with Gasteiger partial charge in [-0.15, -0.1) is 0 Å². The van der Waals surface area contributed by atoms with Crippen LogP contribution in [-0.4, -0.2) is 34.0 Å². The molecule has 0 N–H and O–H groups in total. The van der Waals surface area contributed by atoms with Crippen molar-refractivity contribution in [2.75, 3.05) is 13.1 Å². The molecule has 1 amide bonds. The zero-order chi connectivity index (χ0) is 16.2. The van der Waals surface area contributed by atoms with Crippen molar-refractivity contribution in [2.45, 2.75) is 38.5 Å². The summed E-state index contributed by atoms with van der Waals surface area (Å²) in [5, 5.41) is 4.75. The standard InChI is InChI=1S/C17H20ClN3O2/c1-2-3-15(22)21-10-8-13(9-11-21)17-19-16(20-23-17)12-4-6-14(18)7-5-12/h4-7,13H,2-3,8-11H2,1H3. The Morgan fingerprint density at radius 3 is 2.65 bits per heavy atom. The topological polar surface area (TPSA) is 59.2 Å². The number of hydrogen-bond donors (Lipinski definition) is 0. The summed E-state index contributed by atoms with van der Waals surface area (Å²) in [6.07, 6.45) is 3.27. The highest BCUT2D eigenvalue weighted by atomic mass is 35.5. The fourth-order valence-electron chi connectivity index (χ4n) is 2.87. The predicted molar refractivity (Wildman–Crippen MR) is 88.2 cm³/mol. The summed E-state index contributed by atoms with van der Waals surface area (Å²) >= 11 is 5.89. The summed E-state index contributed by atoms with van der Waals surface area (Å²) < 4.78 is 5.43. The monoisotopic (exact) mass is 333 g/mol. The van der Waals surface area contributed by atoms with E-state index in [1.807, 2.05) is 36.1 Å². The van der Waals surface area contributed by atoms with E-state index < -0.39 is 0 Å². The van der Waals surface area contributed by atoms with Gasteiger partial charge in [-0.2, -0.15) is 4.98 Å². The molecule has 2 heterocycles. The number of nitrogens with zero attached hydrogens (tertiary/aromatic N) is 3. The molecule has 0 unspecified atom stereocenters. The Morgan fingerprint density at radius 1 is 1.30 bits per heavy atom. The summed E-state index contributed by atoms with van der Waals surface area (Å²) in [5.74, 6) is 1.73. The van der Waals surface area contributed by atoms with Crippen molar-refractivity contribution < 1.29 is 9.32 Å². The van der Waals surface area contributed by atoms with Gasteiger partial charge in [-0.1, -0.05) is 23.7 Å². The summed E-state index contributed by atoms with van der Waals surface area (Å²) in [6.45, 7) is 3.56. The lowest BCUT2D eigenvalue weighted by Gasteiger charge is -2.30. The lowest BCUT2D eigenvalue weighted by Crippen LogP contribution is -2.37. The molecule has 23 heavy (non-hydrogen) atoms. The Bertz CT molecular complexity index is 661. The largest absolute Gasteiger partial charge is 0.343 e. The second-order valence-electron chi connectivity index (χ2n) is 5.87. The number of hydrogen-bond acceptors (Lipinski definition) is 4. The second kappa shape index (κ2) is 7.13. The first-order valence-electron chi connectivity index (χ1n) is 8.04. The normalized spacial score (nSPS) is 15.8. The third-order valence-electron chi connectivity index (χ3n) is 4.20. The van der Waals surface area contributed by atoms with E-state index in [0.717, 1.165) is 37.9 Å². The van der Waals surface area contributed by atoms with Crippen LogP contribution in [0.5, 0.6) is 0 Å². The fraction of sp³-hybridized carbons (Fsp3) is 0.471. The Labute approximate surface area is 140 Å². The Kier molecular flexibility index (Phi) is 4.96. The third-order valence-corrected chi connectivity index (χ3v) is 4.46. The molecule has 1 aliphatic heterocycles. The van der Waals surface area contributed by atoms with E-state index in [2.05, 4.69) is 10.1 Å². The third kappa shape index (κ3) is 3.72. The second-order valence-corrected chi connectivity index (χ2v) is 6.30. The molecule has 1 aliphatic rings. The number of piperidine rings is 1. The van der Waals surface area contributed by atoms with E-state index in [-0.39, 0.29) is 11.8 Å². The molecule has 3 rings (SSSR count). The average Bonchev–Trinajstić information content (AvgIpc) is 3.06. The van der Waals surface area contributed by atoms with Crippen molar-refractivity contribution in [2.24, 2.45) is 0 Å². The lowest BCUT2D eigenvalue weighted by atomic mass is 9.96. The number of aromatic nitrogens is 2. The van der Waals surface area contributed by atoms with Crippen LogP contribution in [0.2, 0.25) is 5.02 Å². The highest BCUT2D eigenvalue weighted by Crippen LogP contribution is 2.29. The minimum Gasteiger partial charge on any atom is -0.343 e. The minimum absolute atomic E-state index is 0.231. The molecule has 2 aromatic rings. The lowest BCUT2D eigenvalue weighted by molar-refractivity contribution is -0.132. The highest BCUT2D eigenvalue weighted by Gasteiger charge is 2.27. The molecule has 1 saturated heterocycles. The SMILES string of the molecule is CCCC(=O)N1CCC(c2nc(-c3ccc(Cl)cc3)no2)CC1. The number of benzene rings is 1. The molecule has 5 nitrogen and oxygen atoms in total. The van der Waals surface area contributed by atoms with Gasteiger partial charge in [-0.25, -0.2) is 0 Å². The van der Waals surface area contributed by atoms with Gasteiger partial charge in [0, 0.05) is 36.0 Å². The molecule has 0 radical (unpaired) electrons. The smallest absolute Gasteiger partial charge is 0.230 e. The maximum atomic E-state index is 11.9. The van der Waals surface area contributed by atoms with E-state index in [9.17, 15) is 4.79 Å². The molecule has 0 atom stereocenters. The van der Waals surface area contributed by atoms with Crippen molar-refractivity contribution in [3.8, 4) is 11.4 Å². The van der Waals surface area contributed by atoms with Gasteiger partial charge >= 0.3 is 0 Å². The summed E-state index contributed by atoms with van der Waals surface area (Å²) in [4.78, 5) is 18.4. The Hall–Kier alpha value is -1.88. The first-order chi connectivity index (χ1) is 11.2. The van der Waals surface area contributed by atoms with Crippen molar-refractivity contribution in [1.82, 2.24) is 15.0 Å². The molecule has 1 aromatic carbocycles. The van der Waals surface area contributed by atoms with E-state index in [0.29, 0.717) is 23.2 Å². The van der Waals surface area contributed by atoms with Crippen LogP contribution in [-0.2, 0) is 4.79 Å². The van der Waals surface area contributed by atoms with Crippen LogP contribution in [0.4, 0.5) is 0 Å². The van der Waals surface area contributed by atoms with Crippen molar-refractivity contribution in [3.63, 3.8) is 0 Å². The number of rotatable bonds is 4. The zero-order valence-corrected chi connectivity index (χ0v) is 13.9. The number of amides is 1. The molecule has 0 spiro atoms. The Balaban J connectivity index is 1.63. The maximum Gasteiger partial charge on any atom is 0.230 e. The number of carbonyl (C=O) groups is 1. The summed E-state index contributed by atoms with van der Waals surface area (Å²) in [6, 6.07) is 7.38. The number of carbonyl (C=O) groups excluding carboxylic acids is 1. The minimum atomic E-state index is 0.231. The van der Waals surface area contributed by atoms with E-state index in [1.165, 1.54) is 0 Å². The van der Waals surface area contributed by atoms with Crippen LogP contribution in [0, 0.1) is 0 Å². The van der Waals surface area contributed by atoms with Gasteiger partial charge in [0.2, 0.25) is 17.6 Å². The van der Waals surface area contributed by atoms with E-state index >= 15 is 0 Å². The van der Waals surface area contributed by atoms with Gasteiger partial charge in [-0.05, 0) is 43.5 Å². The van der Waals surface area contributed by atoms with E-state index in [1.54, 1.807) is 0 Å². The molecule has 1 fully saturated rings. The van der Waals surface area contributed by atoms with Crippen LogP contribution in [0.1, 0.15) is 44.4 Å². The van der Waals surface area contributed by atoms with E-state index in [4.69, 9.17) is 16.1 Å². The first-order valence-corrected chi connectivity index (χ1v) is 8.42. The van der Waals surface area contributed by atoms with Crippen LogP contribution in [0.3, 0.4) is 0 Å². The van der Waals surface area contributed by atoms with Gasteiger partial charge in [0.25, 0.3) is 0 Å². The predicted octanol–water partition coefficient (Wildman–Crippen LogP) is 3.90. The Morgan fingerprint density at radius 2 is 2.00 bits per heavy atom. The van der Waals surface area contributed by atoms with Crippen LogP contribution in [0.25, 0.3) is 11.4 Å². The molecule has 122 valence electrons.